The molecule has 0 aliphatic rings. The highest BCUT2D eigenvalue weighted by molar-refractivity contribution is 5.70. The molecular weight excluding hydrogens is 334 g/mol. The highest BCUT2D eigenvalue weighted by Crippen LogP contribution is 2.17. The van der Waals surface area contributed by atoms with Crippen LogP contribution in [0.1, 0.15) is 59.6 Å². The first-order valence-electron chi connectivity index (χ1n) is 8.81. The van der Waals surface area contributed by atoms with Gasteiger partial charge < -0.3 is 19.5 Å². The molecule has 0 saturated heterocycles. The summed E-state index contributed by atoms with van der Waals surface area (Å²) in [6.45, 7) is 11.3. The van der Waals surface area contributed by atoms with Gasteiger partial charge in [-0.3, -0.25) is 4.79 Å². The van der Waals surface area contributed by atoms with Gasteiger partial charge in [-0.15, -0.1) is 0 Å². The highest BCUT2D eigenvalue weighted by Gasteiger charge is 2.20. The summed E-state index contributed by atoms with van der Waals surface area (Å²) in [7, 11) is 0. The quantitative estimate of drug-likeness (QED) is 0.739. The van der Waals surface area contributed by atoms with Gasteiger partial charge in [-0.2, -0.15) is 0 Å². The highest BCUT2D eigenvalue weighted by atomic mass is 16.6. The summed E-state index contributed by atoms with van der Waals surface area (Å²) in [5, 5.41) is 2.71. The van der Waals surface area contributed by atoms with Crippen molar-refractivity contribution in [1.29, 1.82) is 0 Å². The van der Waals surface area contributed by atoms with Crippen LogP contribution in [0.3, 0.4) is 0 Å². The van der Waals surface area contributed by atoms with Crippen LogP contribution in [0.15, 0.2) is 30.3 Å². The van der Waals surface area contributed by atoms with E-state index in [1.807, 2.05) is 51.1 Å². The third-order valence-corrected chi connectivity index (χ3v) is 3.05. The summed E-state index contributed by atoms with van der Waals surface area (Å²) in [5.74, 6) is -0.315. The summed E-state index contributed by atoms with van der Waals surface area (Å²) < 4.78 is 16.3. The lowest BCUT2D eigenvalue weighted by Gasteiger charge is -2.23. The first kappa shape index (κ1) is 22.0. The van der Waals surface area contributed by atoms with Gasteiger partial charge in [-0.05, 0) is 47.1 Å². The Hall–Kier alpha value is -2.08. The molecule has 0 aliphatic heterocycles. The molecule has 6 nitrogen and oxygen atoms in total. The monoisotopic (exact) mass is 365 g/mol. The zero-order valence-corrected chi connectivity index (χ0v) is 16.6. The fraction of sp³-hybridized carbons (Fsp3) is 0.600. The number of hydrogen-bond donors (Lipinski definition) is 1. The molecular formula is C20H31NO5. The van der Waals surface area contributed by atoms with Crippen molar-refractivity contribution < 1.29 is 23.8 Å². The zero-order valence-electron chi connectivity index (χ0n) is 16.6. The van der Waals surface area contributed by atoms with Crippen LogP contribution in [-0.4, -0.2) is 36.4 Å². The normalized spacial score (nSPS) is 13.0. The summed E-state index contributed by atoms with van der Waals surface area (Å²) in [6, 6.07) is 9.52. The predicted octanol–water partition coefficient (Wildman–Crippen LogP) is 4.00. The van der Waals surface area contributed by atoms with Crippen molar-refractivity contribution in [2.24, 2.45) is 0 Å². The van der Waals surface area contributed by atoms with Crippen LogP contribution in [0.25, 0.3) is 0 Å². The number of rotatable bonds is 7. The first-order valence-corrected chi connectivity index (χ1v) is 8.81. The standard InChI is InChI=1S/C20H31NO5/c1-19(2,3)25-17(22)12-13-24-16(15-10-8-7-9-11-15)14-21-18(23)26-20(4,5)6/h7-11,16H,12-14H2,1-6H3,(H,21,23). The van der Waals surface area contributed by atoms with Crippen molar-refractivity contribution in [1.82, 2.24) is 5.32 Å². The average Bonchev–Trinajstić information content (AvgIpc) is 2.48. The summed E-state index contributed by atoms with van der Waals surface area (Å²) in [5.41, 5.74) is -0.175. The van der Waals surface area contributed by atoms with Gasteiger partial charge in [0.2, 0.25) is 0 Å². The van der Waals surface area contributed by atoms with Gasteiger partial charge in [-0.1, -0.05) is 30.3 Å². The number of alkyl carbamates (subject to hydrolysis) is 1. The van der Waals surface area contributed by atoms with E-state index in [9.17, 15) is 9.59 Å². The third-order valence-electron chi connectivity index (χ3n) is 3.05. The van der Waals surface area contributed by atoms with Gasteiger partial charge in [0.15, 0.2) is 0 Å². The molecule has 6 heteroatoms. The molecule has 0 fully saturated rings. The van der Waals surface area contributed by atoms with Crippen LogP contribution < -0.4 is 5.32 Å². The first-order chi connectivity index (χ1) is 12.0. The van der Waals surface area contributed by atoms with Crippen LogP contribution in [0.4, 0.5) is 4.79 Å². The topological polar surface area (TPSA) is 73.9 Å². The zero-order chi connectivity index (χ0) is 19.8. The minimum atomic E-state index is -0.566. The van der Waals surface area contributed by atoms with Gasteiger partial charge in [0, 0.05) is 0 Å². The van der Waals surface area contributed by atoms with E-state index in [1.165, 1.54) is 0 Å². The van der Waals surface area contributed by atoms with E-state index in [0.29, 0.717) is 0 Å². The number of benzene rings is 1. The van der Waals surface area contributed by atoms with Gasteiger partial charge in [0.1, 0.15) is 11.2 Å². The second kappa shape index (κ2) is 9.57. The number of nitrogens with one attached hydrogen (secondary N) is 1. The molecule has 1 amide bonds. The fourth-order valence-corrected chi connectivity index (χ4v) is 2.11. The van der Waals surface area contributed by atoms with Crippen LogP contribution in [0.2, 0.25) is 0 Å². The lowest BCUT2D eigenvalue weighted by atomic mass is 10.1. The minimum absolute atomic E-state index is 0.146. The van der Waals surface area contributed by atoms with Crippen molar-refractivity contribution in [3.63, 3.8) is 0 Å². The second-order valence-corrected chi connectivity index (χ2v) is 7.99. The number of carbonyl (C=O) groups is 2. The number of amides is 1. The third kappa shape index (κ3) is 10.0. The molecule has 0 bridgehead atoms. The lowest BCUT2D eigenvalue weighted by Crippen LogP contribution is -2.35. The molecule has 146 valence electrons. The summed E-state index contributed by atoms with van der Waals surface area (Å²) in [4.78, 5) is 23.7. The van der Waals surface area contributed by atoms with E-state index in [2.05, 4.69) is 5.32 Å². The Morgan fingerprint density at radius 1 is 0.962 bits per heavy atom. The van der Waals surface area contributed by atoms with Gasteiger partial charge in [0.05, 0.1) is 25.7 Å². The Morgan fingerprint density at radius 2 is 1.54 bits per heavy atom. The van der Waals surface area contributed by atoms with Gasteiger partial charge >= 0.3 is 12.1 Å². The SMILES string of the molecule is CC(C)(C)OC(=O)CCOC(CNC(=O)OC(C)(C)C)c1ccccc1. The Labute approximate surface area is 156 Å². The van der Waals surface area contributed by atoms with Crippen molar-refractivity contribution in [3.05, 3.63) is 35.9 Å². The molecule has 26 heavy (non-hydrogen) atoms. The molecule has 1 aromatic rings. The number of ether oxygens (including phenoxy) is 3. The largest absolute Gasteiger partial charge is 0.460 e. The van der Waals surface area contributed by atoms with E-state index < -0.39 is 17.3 Å². The van der Waals surface area contributed by atoms with Crippen LogP contribution in [0, 0.1) is 0 Å². The van der Waals surface area contributed by atoms with Crippen LogP contribution in [-0.2, 0) is 19.0 Å². The summed E-state index contributed by atoms with van der Waals surface area (Å²) >= 11 is 0. The summed E-state index contributed by atoms with van der Waals surface area (Å²) in [6.07, 6.45) is -0.743. The van der Waals surface area contributed by atoms with Crippen molar-refractivity contribution in [2.45, 2.75) is 65.3 Å². The van der Waals surface area contributed by atoms with Gasteiger partial charge in [-0.25, -0.2) is 4.79 Å². The molecule has 1 N–H and O–H groups in total. The molecule has 0 saturated carbocycles. The number of esters is 1. The number of carbonyl (C=O) groups excluding carboxylic acids is 2. The average molecular weight is 365 g/mol. The Kier molecular flexibility index (Phi) is 8.08. The lowest BCUT2D eigenvalue weighted by molar-refractivity contribution is -0.156. The van der Waals surface area contributed by atoms with E-state index in [-0.39, 0.29) is 31.6 Å². The molecule has 0 heterocycles. The van der Waals surface area contributed by atoms with Crippen LogP contribution >= 0.6 is 0 Å². The molecule has 1 unspecified atom stereocenters. The molecule has 1 atom stereocenters. The van der Waals surface area contributed by atoms with E-state index in [0.717, 1.165) is 5.56 Å². The van der Waals surface area contributed by atoms with E-state index >= 15 is 0 Å². The Bertz CT molecular complexity index is 572. The molecule has 1 rings (SSSR count). The molecule has 1 aromatic carbocycles. The maximum atomic E-state index is 11.9. The maximum absolute atomic E-state index is 11.9. The Morgan fingerprint density at radius 3 is 2.08 bits per heavy atom. The minimum Gasteiger partial charge on any atom is -0.460 e. The van der Waals surface area contributed by atoms with E-state index in [4.69, 9.17) is 14.2 Å². The molecule has 0 aliphatic carbocycles. The predicted molar refractivity (Wildman–Crippen MR) is 99.8 cm³/mol. The molecule has 0 radical (unpaired) electrons. The molecule has 0 spiro atoms. The van der Waals surface area contributed by atoms with Crippen molar-refractivity contribution in [3.8, 4) is 0 Å². The van der Waals surface area contributed by atoms with Gasteiger partial charge in [0.25, 0.3) is 0 Å². The maximum Gasteiger partial charge on any atom is 0.407 e. The second-order valence-electron chi connectivity index (χ2n) is 7.99. The Balaban J connectivity index is 2.58. The number of hydrogen-bond acceptors (Lipinski definition) is 5. The van der Waals surface area contributed by atoms with Crippen molar-refractivity contribution >= 4 is 12.1 Å². The van der Waals surface area contributed by atoms with Crippen molar-refractivity contribution in [2.75, 3.05) is 13.2 Å². The van der Waals surface area contributed by atoms with Crippen LogP contribution in [0.5, 0.6) is 0 Å². The van der Waals surface area contributed by atoms with E-state index in [1.54, 1.807) is 20.8 Å². The fourth-order valence-electron chi connectivity index (χ4n) is 2.11. The smallest absolute Gasteiger partial charge is 0.407 e. The molecule has 0 aromatic heterocycles.